The highest BCUT2D eigenvalue weighted by Crippen LogP contribution is 2.46. The summed E-state index contributed by atoms with van der Waals surface area (Å²) in [5, 5.41) is 0. The zero-order chi connectivity index (χ0) is 49.5. The van der Waals surface area contributed by atoms with Gasteiger partial charge in [-0.25, -0.2) is 9.97 Å². The Balaban J connectivity index is 0.000000192. The van der Waals surface area contributed by atoms with Crippen molar-refractivity contribution in [2.75, 3.05) is 83.1 Å². The molecule has 0 bridgehead atoms. The van der Waals surface area contributed by atoms with Crippen LogP contribution in [0.3, 0.4) is 0 Å². The minimum atomic E-state index is 0.195. The van der Waals surface area contributed by atoms with E-state index in [2.05, 4.69) is 29.7 Å². The molecule has 1 aliphatic rings. The lowest BCUT2D eigenvalue weighted by atomic mass is 9.97. The van der Waals surface area contributed by atoms with Gasteiger partial charge in [0.1, 0.15) is 17.4 Å². The number of rotatable bonds is 17. The standard InChI is InChI=1S/C20H22O6.C17H18O3.C16H19N3O3/c1-6-24-15-10-17-16(25-11-26-17)9-14(15)12(2)13-7-18(21-3)20(23-5)19(8-13)22-4;1-12(13-8-6-5-7-9-13)14-10-15(18-2)17(20-4)16(11-14)19-3;1-9(12-8-18-10(2)19-16(12)17)11-6-13(20-3)15(22-5)14(7-11)21-4/h7-10H,2,6,11H2,1,3-5H3;5-11H,1H2,2-4H3;6-8H,1H2,2-5H3,(H2,17,18,19). The molecule has 15 heteroatoms. The highest BCUT2D eigenvalue weighted by molar-refractivity contribution is 5.86. The number of nitrogens with zero attached hydrogens (tertiary/aromatic N) is 2. The van der Waals surface area contributed by atoms with E-state index in [1.165, 1.54) is 0 Å². The van der Waals surface area contributed by atoms with Crippen LogP contribution >= 0.6 is 0 Å². The quantitative estimate of drug-likeness (QED) is 0.0919. The van der Waals surface area contributed by atoms with Crippen LogP contribution in [0.2, 0.25) is 0 Å². The molecule has 0 spiro atoms. The maximum atomic E-state index is 5.96. The largest absolute Gasteiger partial charge is 0.493 e. The Morgan fingerprint density at radius 2 is 0.912 bits per heavy atom. The SMILES string of the molecule is C=C(c1cc(OC)c(OC)c(OC)c1)c1cc2c(cc1OCC)OCO2.C=C(c1cc(OC)c(OC)c(OC)c1)c1cnc(C)nc1N.C=C(c1ccccc1)c1cc(OC)c(OC)c(OC)c1. The van der Waals surface area contributed by atoms with Crippen molar-refractivity contribution in [3.8, 4) is 69.0 Å². The molecule has 358 valence electrons. The van der Waals surface area contributed by atoms with Crippen molar-refractivity contribution in [3.05, 3.63) is 144 Å². The van der Waals surface area contributed by atoms with Crippen LogP contribution in [-0.2, 0) is 0 Å². The Morgan fingerprint density at radius 1 is 0.515 bits per heavy atom. The fourth-order valence-electron chi connectivity index (χ4n) is 7.04. The van der Waals surface area contributed by atoms with Crippen molar-refractivity contribution in [2.45, 2.75) is 13.8 Å². The minimum absolute atomic E-state index is 0.195. The molecule has 15 nitrogen and oxygen atoms in total. The summed E-state index contributed by atoms with van der Waals surface area (Å²) in [6.07, 6.45) is 1.66. The van der Waals surface area contributed by atoms with Gasteiger partial charge in [-0.15, -0.1) is 0 Å². The van der Waals surface area contributed by atoms with Crippen LogP contribution in [0.25, 0.3) is 16.7 Å². The molecule has 0 fully saturated rings. The topological polar surface area (TPSA) is 163 Å². The summed E-state index contributed by atoms with van der Waals surface area (Å²) in [5.41, 5.74) is 13.4. The Kier molecular flexibility index (Phi) is 17.8. The van der Waals surface area contributed by atoms with E-state index in [-0.39, 0.29) is 6.79 Å². The Morgan fingerprint density at radius 3 is 1.29 bits per heavy atom. The van der Waals surface area contributed by atoms with Crippen LogP contribution in [0.5, 0.6) is 69.0 Å². The smallest absolute Gasteiger partial charge is 0.231 e. The number of aryl methyl sites for hydroxylation is 1. The molecule has 6 aromatic rings. The average Bonchev–Trinajstić information content (AvgIpc) is 3.84. The Bertz CT molecular complexity index is 2660. The van der Waals surface area contributed by atoms with E-state index in [0.717, 1.165) is 39.0 Å². The van der Waals surface area contributed by atoms with E-state index >= 15 is 0 Å². The van der Waals surface area contributed by atoms with Crippen LogP contribution in [0.4, 0.5) is 5.82 Å². The molecule has 1 aromatic heterocycles. The zero-order valence-corrected chi connectivity index (χ0v) is 40.5. The third-order valence-corrected chi connectivity index (χ3v) is 10.5. The summed E-state index contributed by atoms with van der Waals surface area (Å²) in [4.78, 5) is 8.32. The molecule has 2 N–H and O–H groups in total. The summed E-state index contributed by atoms with van der Waals surface area (Å²) in [6.45, 7) is 16.9. The van der Waals surface area contributed by atoms with Crippen molar-refractivity contribution < 1.29 is 56.8 Å². The Labute approximate surface area is 398 Å². The lowest BCUT2D eigenvalue weighted by molar-refractivity contribution is 0.174. The molecule has 0 radical (unpaired) electrons. The number of ether oxygens (including phenoxy) is 12. The van der Waals surface area contributed by atoms with E-state index < -0.39 is 0 Å². The van der Waals surface area contributed by atoms with Crippen LogP contribution in [0.1, 0.15) is 46.1 Å². The number of nitrogen functional groups attached to an aromatic ring is 1. The van der Waals surface area contributed by atoms with Gasteiger partial charge in [0, 0.05) is 23.4 Å². The fraction of sp³-hybridized carbons (Fsp3) is 0.245. The monoisotopic (exact) mass is 929 g/mol. The second-order valence-corrected chi connectivity index (χ2v) is 14.4. The van der Waals surface area contributed by atoms with Gasteiger partial charge in [-0.05, 0) is 95.3 Å². The van der Waals surface area contributed by atoms with Gasteiger partial charge in [-0.1, -0.05) is 50.1 Å². The highest BCUT2D eigenvalue weighted by atomic mass is 16.7. The van der Waals surface area contributed by atoms with Crippen molar-refractivity contribution in [1.82, 2.24) is 9.97 Å². The lowest BCUT2D eigenvalue weighted by Crippen LogP contribution is -2.02. The molecule has 0 atom stereocenters. The maximum Gasteiger partial charge on any atom is 0.231 e. The summed E-state index contributed by atoms with van der Waals surface area (Å²) in [6, 6.07) is 24.8. The van der Waals surface area contributed by atoms with E-state index in [1.807, 2.05) is 85.8 Å². The molecule has 0 saturated carbocycles. The van der Waals surface area contributed by atoms with Crippen LogP contribution in [-0.4, -0.2) is 87.4 Å². The number of anilines is 1. The van der Waals surface area contributed by atoms with Gasteiger partial charge in [0.05, 0.1) is 70.6 Å². The second kappa shape index (κ2) is 23.8. The number of fused-ring (bicyclic) bond motifs is 1. The summed E-state index contributed by atoms with van der Waals surface area (Å²) < 4.78 is 65.0. The maximum absolute atomic E-state index is 5.96. The first-order valence-corrected chi connectivity index (χ1v) is 21.0. The highest BCUT2D eigenvalue weighted by Gasteiger charge is 2.23. The van der Waals surface area contributed by atoms with Gasteiger partial charge in [-0.2, -0.15) is 0 Å². The number of hydrogen-bond acceptors (Lipinski definition) is 15. The Hall–Kier alpha value is -8.20. The molecule has 5 aromatic carbocycles. The number of hydrogen-bond donors (Lipinski definition) is 1. The first-order chi connectivity index (χ1) is 32.8. The third kappa shape index (κ3) is 11.4. The molecule has 0 saturated heterocycles. The third-order valence-electron chi connectivity index (χ3n) is 10.5. The normalized spacial score (nSPS) is 10.8. The lowest BCUT2D eigenvalue weighted by Gasteiger charge is -2.17. The zero-order valence-electron chi connectivity index (χ0n) is 40.5. The van der Waals surface area contributed by atoms with Crippen molar-refractivity contribution in [1.29, 1.82) is 0 Å². The van der Waals surface area contributed by atoms with Gasteiger partial charge in [-0.3, -0.25) is 0 Å². The molecular formula is C53H59N3O12. The predicted octanol–water partition coefficient (Wildman–Crippen LogP) is 10.1. The van der Waals surface area contributed by atoms with Gasteiger partial charge in [0.25, 0.3) is 0 Å². The van der Waals surface area contributed by atoms with E-state index in [1.54, 1.807) is 77.1 Å². The minimum Gasteiger partial charge on any atom is -0.493 e. The fourth-order valence-corrected chi connectivity index (χ4v) is 7.04. The summed E-state index contributed by atoms with van der Waals surface area (Å²) in [5.74, 6) is 8.08. The molecule has 0 unspecified atom stereocenters. The van der Waals surface area contributed by atoms with E-state index in [9.17, 15) is 0 Å². The van der Waals surface area contributed by atoms with Gasteiger partial charge in [0.2, 0.25) is 24.0 Å². The van der Waals surface area contributed by atoms with Crippen molar-refractivity contribution >= 4 is 22.5 Å². The number of nitrogens with two attached hydrogens (primary N) is 1. The van der Waals surface area contributed by atoms with Gasteiger partial charge >= 0.3 is 0 Å². The molecule has 1 aliphatic heterocycles. The van der Waals surface area contributed by atoms with Crippen LogP contribution in [0.15, 0.2) is 105 Å². The van der Waals surface area contributed by atoms with Gasteiger partial charge < -0.3 is 62.6 Å². The first kappa shape index (κ1) is 50.8. The summed E-state index contributed by atoms with van der Waals surface area (Å²) in [7, 11) is 14.2. The number of aromatic nitrogens is 2. The molecule has 7 rings (SSSR count). The number of benzene rings is 5. The van der Waals surface area contributed by atoms with Crippen molar-refractivity contribution in [2.24, 2.45) is 0 Å². The molecular weight excluding hydrogens is 871 g/mol. The van der Waals surface area contributed by atoms with Gasteiger partial charge in [0.15, 0.2) is 46.0 Å². The molecule has 0 amide bonds. The summed E-state index contributed by atoms with van der Waals surface area (Å²) >= 11 is 0. The average molecular weight is 930 g/mol. The van der Waals surface area contributed by atoms with E-state index in [0.29, 0.717) is 98.4 Å². The first-order valence-electron chi connectivity index (χ1n) is 21.0. The van der Waals surface area contributed by atoms with Crippen LogP contribution in [0, 0.1) is 6.92 Å². The van der Waals surface area contributed by atoms with E-state index in [4.69, 9.17) is 62.6 Å². The second-order valence-electron chi connectivity index (χ2n) is 14.4. The molecule has 2 heterocycles. The number of methoxy groups -OCH3 is 9. The molecule has 0 aliphatic carbocycles. The van der Waals surface area contributed by atoms with Crippen LogP contribution < -0.4 is 62.6 Å². The predicted molar refractivity (Wildman–Crippen MR) is 264 cm³/mol. The van der Waals surface area contributed by atoms with Crippen molar-refractivity contribution in [3.63, 3.8) is 0 Å². The molecule has 68 heavy (non-hydrogen) atoms.